The molecule has 0 atom stereocenters. The molecule has 0 spiro atoms. The molecule has 2 aromatic carbocycles. The minimum atomic E-state index is 0.212. The highest BCUT2D eigenvalue weighted by Crippen LogP contribution is 2.39. The summed E-state index contributed by atoms with van der Waals surface area (Å²) in [6.07, 6.45) is 1.85. The molecule has 4 heterocycles. The molecule has 1 aliphatic heterocycles. The molecule has 5 aromatic rings. The quantitative estimate of drug-likeness (QED) is 0.163. The third-order valence-electron chi connectivity index (χ3n) is 6.62. The molecule has 0 amide bonds. The maximum atomic E-state index is 6.11. The summed E-state index contributed by atoms with van der Waals surface area (Å²) in [6.45, 7) is 2.86. The largest absolute Gasteiger partial charge is 0.493 e. The molecular formula is C26H27N9O2S3. The number of ether oxygens (including phenoxy) is 2. The van der Waals surface area contributed by atoms with Crippen molar-refractivity contribution < 1.29 is 9.47 Å². The van der Waals surface area contributed by atoms with Gasteiger partial charge in [0, 0.05) is 48.2 Å². The number of benzene rings is 2. The van der Waals surface area contributed by atoms with Crippen molar-refractivity contribution >= 4 is 85.0 Å². The number of thiazole rings is 1. The number of thiocarbonyl (C=S) groups is 1. The van der Waals surface area contributed by atoms with Crippen molar-refractivity contribution in [2.75, 3.05) is 62.1 Å². The zero-order valence-corrected chi connectivity index (χ0v) is 24.3. The third kappa shape index (κ3) is 5.12. The van der Waals surface area contributed by atoms with E-state index in [0.29, 0.717) is 35.3 Å². The molecule has 14 heteroatoms. The first kappa shape index (κ1) is 26.2. The predicted molar refractivity (Wildman–Crippen MR) is 166 cm³/mol. The van der Waals surface area contributed by atoms with Crippen molar-refractivity contribution in [1.82, 2.24) is 24.8 Å². The number of anilines is 4. The number of methoxy groups -OCH3 is 2. The lowest BCUT2D eigenvalue weighted by Crippen LogP contribution is -2.50. The Bertz CT molecular complexity index is 1700. The van der Waals surface area contributed by atoms with Crippen molar-refractivity contribution in [3.05, 3.63) is 42.6 Å². The fourth-order valence-corrected chi connectivity index (χ4v) is 6.85. The van der Waals surface area contributed by atoms with Crippen LogP contribution in [-0.4, -0.2) is 70.3 Å². The lowest BCUT2D eigenvalue weighted by molar-refractivity contribution is 0.356. The van der Waals surface area contributed by atoms with Crippen LogP contribution in [0.25, 0.3) is 21.9 Å². The number of hydrogen-bond donors (Lipinski definition) is 4. The van der Waals surface area contributed by atoms with Crippen LogP contribution in [0, 0.1) is 0 Å². The summed E-state index contributed by atoms with van der Waals surface area (Å²) < 4.78 is 12.1. The summed E-state index contributed by atoms with van der Waals surface area (Å²) in [7, 11) is 3.23. The van der Waals surface area contributed by atoms with Crippen molar-refractivity contribution in [1.29, 1.82) is 0 Å². The second-order valence-corrected chi connectivity index (χ2v) is 11.9. The standard InChI is InChI=1S/C26H27N9O2S3/c1-36-18-11-16-17(12-19(18)37-2)30-22-21(16)23(32-24(28)31-22)34-7-9-35(10-8-34)26(38)33-25-29-13-20(40-25)39-15-5-3-14(27)4-6-15/h3-6,11-13H,7-10,27H2,1-2H3,(H,29,33,38)(H3,28,30,31,32). The number of hydrogen-bond acceptors (Lipinski definition) is 11. The van der Waals surface area contributed by atoms with Gasteiger partial charge in [-0.3, -0.25) is 0 Å². The molecular weight excluding hydrogens is 567 g/mol. The predicted octanol–water partition coefficient (Wildman–Crippen LogP) is 4.42. The Hall–Kier alpha value is -4.01. The van der Waals surface area contributed by atoms with E-state index in [2.05, 4.69) is 35.1 Å². The van der Waals surface area contributed by atoms with Gasteiger partial charge >= 0.3 is 0 Å². The average molecular weight is 594 g/mol. The molecule has 1 fully saturated rings. The average Bonchev–Trinajstić information content (AvgIpc) is 3.55. The number of nitrogens with two attached hydrogens (primary N) is 2. The molecule has 40 heavy (non-hydrogen) atoms. The van der Waals surface area contributed by atoms with Gasteiger partial charge in [-0.05, 0) is 42.5 Å². The molecule has 0 radical (unpaired) electrons. The summed E-state index contributed by atoms with van der Waals surface area (Å²) in [4.78, 5) is 22.4. The fraction of sp³-hybridized carbons (Fsp3) is 0.231. The molecule has 0 saturated carbocycles. The summed E-state index contributed by atoms with van der Waals surface area (Å²) in [5.41, 5.74) is 14.2. The van der Waals surface area contributed by atoms with Gasteiger partial charge in [-0.25, -0.2) is 4.98 Å². The molecule has 0 bridgehead atoms. The zero-order valence-electron chi connectivity index (χ0n) is 21.8. The highest BCUT2D eigenvalue weighted by Gasteiger charge is 2.25. The van der Waals surface area contributed by atoms with E-state index < -0.39 is 0 Å². The number of nitrogens with one attached hydrogen (secondary N) is 2. The Morgan fingerprint density at radius 3 is 2.50 bits per heavy atom. The van der Waals surface area contributed by atoms with Crippen molar-refractivity contribution in [3.8, 4) is 11.5 Å². The smallest absolute Gasteiger partial charge is 0.223 e. The minimum absolute atomic E-state index is 0.212. The Morgan fingerprint density at radius 2 is 1.77 bits per heavy atom. The third-order valence-corrected chi connectivity index (χ3v) is 9.00. The van der Waals surface area contributed by atoms with Gasteiger partial charge in [0.2, 0.25) is 5.95 Å². The first-order valence-corrected chi connectivity index (χ1v) is 14.5. The SMILES string of the molecule is COc1cc2[nH]c3nc(N)nc(N4CCN(C(=S)Nc5ncc(Sc6ccc(N)cc6)s5)CC4)c3c2cc1OC. The molecule has 3 aromatic heterocycles. The topological polar surface area (TPSA) is 143 Å². The zero-order chi connectivity index (χ0) is 27.8. The molecule has 1 saturated heterocycles. The van der Waals surface area contributed by atoms with E-state index in [1.807, 2.05) is 42.6 Å². The van der Waals surface area contributed by atoms with E-state index >= 15 is 0 Å². The van der Waals surface area contributed by atoms with Gasteiger partial charge in [0.15, 0.2) is 21.7 Å². The molecule has 1 aliphatic rings. The molecule has 6 rings (SSSR count). The van der Waals surface area contributed by atoms with Crippen molar-refractivity contribution in [2.24, 2.45) is 0 Å². The van der Waals surface area contributed by atoms with Crippen LogP contribution in [0.4, 0.5) is 22.6 Å². The highest BCUT2D eigenvalue weighted by atomic mass is 32.2. The first-order valence-electron chi connectivity index (χ1n) is 12.4. The number of rotatable bonds is 6. The lowest BCUT2D eigenvalue weighted by Gasteiger charge is -2.36. The molecule has 6 N–H and O–H groups in total. The van der Waals surface area contributed by atoms with Gasteiger partial charge in [-0.2, -0.15) is 9.97 Å². The van der Waals surface area contributed by atoms with E-state index in [1.54, 1.807) is 37.3 Å². The fourth-order valence-electron chi connectivity index (χ4n) is 4.66. The summed E-state index contributed by atoms with van der Waals surface area (Å²) >= 11 is 8.94. The number of aromatic amines is 1. The van der Waals surface area contributed by atoms with Crippen LogP contribution in [0.5, 0.6) is 11.5 Å². The highest BCUT2D eigenvalue weighted by molar-refractivity contribution is 8.01. The van der Waals surface area contributed by atoms with Gasteiger partial charge < -0.3 is 41.0 Å². The Morgan fingerprint density at radius 1 is 1.05 bits per heavy atom. The van der Waals surface area contributed by atoms with E-state index in [9.17, 15) is 0 Å². The molecule has 0 unspecified atom stereocenters. The van der Waals surface area contributed by atoms with E-state index in [-0.39, 0.29) is 5.95 Å². The van der Waals surface area contributed by atoms with Gasteiger partial charge in [0.05, 0.1) is 35.5 Å². The van der Waals surface area contributed by atoms with Crippen LogP contribution in [0.1, 0.15) is 0 Å². The van der Waals surface area contributed by atoms with E-state index in [4.69, 9.17) is 33.2 Å². The Balaban J connectivity index is 1.16. The number of nitrogen functional groups attached to an aromatic ring is 2. The lowest BCUT2D eigenvalue weighted by atomic mass is 10.1. The summed E-state index contributed by atoms with van der Waals surface area (Å²) in [6, 6.07) is 11.6. The van der Waals surface area contributed by atoms with Crippen molar-refractivity contribution in [2.45, 2.75) is 9.10 Å². The van der Waals surface area contributed by atoms with Crippen LogP contribution in [0.3, 0.4) is 0 Å². The number of piperazine rings is 1. The Kier molecular flexibility index (Phi) is 7.12. The maximum absolute atomic E-state index is 6.11. The normalized spacial score (nSPS) is 13.7. The van der Waals surface area contributed by atoms with Gasteiger partial charge in [0.25, 0.3) is 0 Å². The number of fused-ring (bicyclic) bond motifs is 3. The number of H-pyrrole nitrogens is 1. The van der Waals surface area contributed by atoms with Gasteiger partial charge in [-0.15, -0.1) is 0 Å². The molecule has 206 valence electrons. The van der Waals surface area contributed by atoms with Crippen molar-refractivity contribution in [3.63, 3.8) is 0 Å². The van der Waals surface area contributed by atoms with Crippen LogP contribution in [-0.2, 0) is 0 Å². The van der Waals surface area contributed by atoms with Crippen LogP contribution in [0.15, 0.2) is 51.7 Å². The minimum Gasteiger partial charge on any atom is -0.493 e. The monoisotopic (exact) mass is 593 g/mol. The van der Waals surface area contributed by atoms with Crippen LogP contribution in [0.2, 0.25) is 0 Å². The number of aromatic nitrogens is 4. The summed E-state index contributed by atoms with van der Waals surface area (Å²) in [5.74, 6) is 2.26. The van der Waals surface area contributed by atoms with Crippen LogP contribution < -0.4 is 31.2 Å². The second kappa shape index (κ2) is 10.9. The molecule has 11 nitrogen and oxygen atoms in total. The first-order chi connectivity index (χ1) is 19.4. The number of nitrogens with zero attached hydrogens (tertiary/aromatic N) is 5. The van der Waals surface area contributed by atoms with Crippen LogP contribution >= 0.6 is 35.3 Å². The maximum Gasteiger partial charge on any atom is 0.223 e. The Labute approximate surface area is 243 Å². The van der Waals surface area contributed by atoms with Gasteiger partial charge in [-0.1, -0.05) is 23.1 Å². The van der Waals surface area contributed by atoms with Gasteiger partial charge in [0.1, 0.15) is 11.5 Å². The van der Waals surface area contributed by atoms with E-state index in [0.717, 1.165) is 55.1 Å². The second-order valence-electron chi connectivity index (χ2n) is 9.07. The summed E-state index contributed by atoms with van der Waals surface area (Å²) in [5, 5.41) is 6.55. The molecule has 0 aliphatic carbocycles. The van der Waals surface area contributed by atoms with E-state index in [1.165, 1.54) is 0 Å².